The molecule has 8 nitrogen and oxygen atoms in total. The van der Waals surface area contributed by atoms with Gasteiger partial charge in [0.15, 0.2) is 0 Å². The van der Waals surface area contributed by atoms with Gasteiger partial charge < -0.3 is 20.6 Å². The maximum atomic E-state index is 10.8. The maximum Gasteiger partial charge on any atom is 0.137 e. The lowest BCUT2D eigenvalue weighted by molar-refractivity contribution is 0.152. The van der Waals surface area contributed by atoms with Gasteiger partial charge in [-0.15, -0.1) is 0 Å². The summed E-state index contributed by atoms with van der Waals surface area (Å²) in [5.74, 6) is 0.762. The van der Waals surface area contributed by atoms with E-state index in [2.05, 4.69) is 72.6 Å². The zero-order valence-electron chi connectivity index (χ0n) is 20.1. The molecule has 1 atom stereocenters. The predicted octanol–water partition coefficient (Wildman–Crippen LogP) is 3.73. The normalized spacial score (nSPS) is 18.3. The highest BCUT2D eigenvalue weighted by Gasteiger charge is 2.27. The summed E-state index contributed by atoms with van der Waals surface area (Å²) in [5, 5.41) is 20.8. The van der Waals surface area contributed by atoms with Crippen LogP contribution in [-0.2, 0) is 6.54 Å². The molecule has 1 aromatic carbocycles. The second kappa shape index (κ2) is 8.96. The Kier molecular flexibility index (Phi) is 5.64. The van der Waals surface area contributed by atoms with Crippen LogP contribution in [0.2, 0.25) is 0 Å². The lowest BCUT2D eigenvalue weighted by atomic mass is 9.98. The zero-order chi connectivity index (χ0) is 23.9. The summed E-state index contributed by atoms with van der Waals surface area (Å²) in [7, 11) is 2.04. The molecule has 35 heavy (non-hydrogen) atoms. The summed E-state index contributed by atoms with van der Waals surface area (Å²) in [6, 6.07) is 13.0. The van der Waals surface area contributed by atoms with Crippen molar-refractivity contribution in [2.75, 3.05) is 30.4 Å². The predicted molar refractivity (Wildman–Crippen MR) is 139 cm³/mol. The second-order valence-corrected chi connectivity index (χ2v) is 9.49. The molecule has 0 amide bonds. The molecule has 180 valence electrons. The number of imidazole rings is 1. The molecule has 0 radical (unpaired) electrons. The van der Waals surface area contributed by atoms with Crippen molar-refractivity contribution in [3.05, 3.63) is 71.7 Å². The molecule has 1 saturated heterocycles. The van der Waals surface area contributed by atoms with Crippen molar-refractivity contribution >= 4 is 22.8 Å². The van der Waals surface area contributed by atoms with Crippen LogP contribution in [0.4, 0.5) is 17.2 Å². The van der Waals surface area contributed by atoms with E-state index < -0.39 is 6.23 Å². The van der Waals surface area contributed by atoms with E-state index in [4.69, 9.17) is 0 Å². The third-order valence-electron chi connectivity index (χ3n) is 7.33. The first-order valence-electron chi connectivity index (χ1n) is 12.3. The number of hydrogen-bond donors (Lipinski definition) is 4. The van der Waals surface area contributed by atoms with Gasteiger partial charge in [0.05, 0.1) is 23.8 Å². The number of aliphatic hydroxyl groups is 1. The number of fused-ring (bicyclic) bond motifs is 2. The highest BCUT2D eigenvalue weighted by Crippen LogP contribution is 2.39. The van der Waals surface area contributed by atoms with Crippen molar-refractivity contribution in [3.63, 3.8) is 0 Å². The van der Waals surface area contributed by atoms with Crippen molar-refractivity contribution < 1.29 is 5.11 Å². The quantitative estimate of drug-likeness (QED) is 0.354. The average molecular weight is 470 g/mol. The zero-order valence-corrected chi connectivity index (χ0v) is 20.1. The Morgan fingerprint density at radius 1 is 1.06 bits per heavy atom. The minimum Gasteiger partial charge on any atom is -0.374 e. The fourth-order valence-corrected chi connectivity index (χ4v) is 5.31. The highest BCUT2D eigenvalue weighted by molar-refractivity contribution is 5.76. The fraction of sp³-hybridized carbons (Fsp3) is 0.333. The van der Waals surface area contributed by atoms with Crippen LogP contribution < -0.4 is 20.9 Å². The number of anilines is 3. The van der Waals surface area contributed by atoms with Crippen molar-refractivity contribution in [1.29, 1.82) is 0 Å². The molecular formula is C27H31N7O. The van der Waals surface area contributed by atoms with E-state index in [-0.39, 0.29) is 0 Å². The Bertz CT molecular complexity index is 1360. The van der Waals surface area contributed by atoms with Crippen LogP contribution in [0.15, 0.2) is 55.0 Å². The van der Waals surface area contributed by atoms with Gasteiger partial charge in [0.25, 0.3) is 0 Å². The van der Waals surface area contributed by atoms with E-state index in [1.54, 1.807) is 0 Å². The van der Waals surface area contributed by atoms with Gasteiger partial charge in [-0.2, -0.15) is 0 Å². The first-order valence-corrected chi connectivity index (χ1v) is 12.3. The number of nitrogens with one attached hydrogen (secondary N) is 3. The van der Waals surface area contributed by atoms with Gasteiger partial charge >= 0.3 is 0 Å². The molecular weight excluding hydrogens is 438 g/mol. The first-order chi connectivity index (χ1) is 17.1. The summed E-state index contributed by atoms with van der Waals surface area (Å²) < 4.78 is 2.10. The lowest BCUT2D eigenvalue weighted by Gasteiger charge is -2.33. The third-order valence-corrected chi connectivity index (χ3v) is 7.33. The minimum atomic E-state index is -0.735. The molecule has 0 aliphatic carbocycles. The van der Waals surface area contributed by atoms with Gasteiger partial charge in [-0.1, -0.05) is 6.07 Å². The number of aryl methyl sites for hydroxylation is 1. The number of benzene rings is 1. The maximum absolute atomic E-state index is 10.8. The van der Waals surface area contributed by atoms with Gasteiger partial charge in [0, 0.05) is 48.7 Å². The van der Waals surface area contributed by atoms with Crippen LogP contribution >= 0.6 is 0 Å². The number of aromatic nitrogens is 3. The Hall–Kier alpha value is -3.46. The van der Waals surface area contributed by atoms with Gasteiger partial charge in [0.2, 0.25) is 0 Å². The fourth-order valence-electron chi connectivity index (χ4n) is 5.31. The lowest BCUT2D eigenvalue weighted by Crippen LogP contribution is -2.41. The molecule has 2 aliphatic heterocycles. The molecule has 2 aliphatic rings. The van der Waals surface area contributed by atoms with Crippen LogP contribution in [0, 0.1) is 6.92 Å². The van der Waals surface area contributed by atoms with Crippen molar-refractivity contribution in [1.82, 2.24) is 25.0 Å². The molecule has 0 saturated carbocycles. The number of piperidine rings is 1. The first kappa shape index (κ1) is 22.0. The molecule has 1 fully saturated rings. The smallest absolute Gasteiger partial charge is 0.137 e. The monoisotopic (exact) mass is 469 g/mol. The number of nitrogens with zero attached hydrogens (tertiary/aromatic N) is 4. The largest absolute Gasteiger partial charge is 0.374 e. The van der Waals surface area contributed by atoms with Crippen LogP contribution in [0.5, 0.6) is 0 Å². The van der Waals surface area contributed by atoms with Crippen LogP contribution in [0.1, 0.15) is 35.8 Å². The van der Waals surface area contributed by atoms with E-state index in [0.717, 1.165) is 71.2 Å². The van der Waals surface area contributed by atoms with Crippen molar-refractivity contribution in [2.45, 2.75) is 38.6 Å². The number of aliphatic hydroxyl groups excluding tert-OH is 1. The van der Waals surface area contributed by atoms with E-state index >= 15 is 0 Å². The number of hydrogen-bond acceptors (Lipinski definition) is 7. The van der Waals surface area contributed by atoms with Gasteiger partial charge in [-0.3, -0.25) is 9.72 Å². The summed E-state index contributed by atoms with van der Waals surface area (Å²) in [6.45, 7) is 4.74. The molecule has 6 rings (SSSR count). The van der Waals surface area contributed by atoms with E-state index in [0.29, 0.717) is 12.6 Å². The SMILES string of the molecule is CNC1CCN(c2ccc(Nc3ccc(-c4cnc5cc(C)ccn45)c4c3C(O)NC4)nc2)CC1. The molecule has 8 heteroatoms. The molecule has 0 bridgehead atoms. The van der Waals surface area contributed by atoms with E-state index in [1.807, 2.05) is 31.6 Å². The molecule has 4 aromatic rings. The molecule has 3 aromatic heterocycles. The van der Waals surface area contributed by atoms with Crippen molar-refractivity contribution in [3.8, 4) is 11.3 Å². The van der Waals surface area contributed by atoms with Gasteiger partial charge in [-0.05, 0) is 68.3 Å². The average Bonchev–Trinajstić information content (AvgIpc) is 3.48. The Balaban J connectivity index is 1.27. The molecule has 5 heterocycles. The summed E-state index contributed by atoms with van der Waals surface area (Å²) in [5.41, 5.74) is 8.14. The van der Waals surface area contributed by atoms with Crippen LogP contribution in [-0.4, -0.2) is 45.7 Å². The van der Waals surface area contributed by atoms with Gasteiger partial charge in [-0.25, -0.2) is 9.97 Å². The van der Waals surface area contributed by atoms with Crippen molar-refractivity contribution in [2.24, 2.45) is 0 Å². The van der Waals surface area contributed by atoms with E-state index in [1.165, 1.54) is 5.56 Å². The second-order valence-electron chi connectivity index (χ2n) is 9.49. The molecule has 0 spiro atoms. The number of rotatable bonds is 5. The van der Waals surface area contributed by atoms with E-state index in [9.17, 15) is 5.11 Å². The summed E-state index contributed by atoms with van der Waals surface area (Å²) >= 11 is 0. The molecule has 4 N–H and O–H groups in total. The third kappa shape index (κ3) is 4.03. The standard InChI is InChI=1S/C27H31N7O/c1-17-7-12-34-23(16-30-25(34)13-17)20-4-5-22(26-21(20)15-31-27(26)35)32-24-6-3-19(14-29-24)33-10-8-18(28-2)9-11-33/h3-7,12-14,16,18,27-28,31,35H,8-11,15H2,1-2H3,(H,29,32). The Morgan fingerprint density at radius 3 is 2.69 bits per heavy atom. The topological polar surface area (TPSA) is 89.8 Å². The van der Waals surface area contributed by atoms with Gasteiger partial charge in [0.1, 0.15) is 17.7 Å². The minimum absolute atomic E-state index is 0.593. The highest BCUT2D eigenvalue weighted by atomic mass is 16.3. The number of pyridine rings is 2. The summed E-state index contributed by atoms with van der Waals surface area (Å²) in [6.07, 6.45) is 7.45. The molecule has 1 unspecified atom stereocenters. The van der Waals surface area contributed by atoms with Crippen LogP contribution in [0.3, 0.4) is 0 Å². The Morgan fingerprint density at radius 2 is 1.91 bits per heavy atom. The summed E-state index contributed by atoms with van der Waals surface area (Å²) in [4.78, 5) is 11.7. The Labute approximate surface area is 205 Å². The van der Waals surface area contributed by atoms with Crippen LogP contribution in [0.25, 0.3) is 16.9 Å².